The van der Waals surface area contributed by atoms with Crippen LogP contribution < -0.4 is 15.5 Å². The fourth-order valence-corrected chi connectivity index (χ4v) is 5.69. The van der Waals surface area contributed by atoms with Crippen molar-refractivity contribution in [3.05, 3.63) is 107 Å². The van der Waals surface area contributed by atoms with Gasteiger partial charge in [0.1, 0.15) is 0 Å². The number of hydrogen-bond donors (Lipinski definition) is 2. The molecule has 0 saturated carbocycles. The van der Waals surface area contributed by atoms with E-state index in [1.165, 1.54) is 7.11 Å². The topological polar surface area (TPSA) is 87.7 Å². The number of carbonyl (C=O) groups excluding carboxylic acids is 3. The van der Waals surface area contributed by atoms with Crippen LogP contribution in [0.3, 0.4) is 0 Å². The van der Waals surface area contributed by atoms with Crippen molar-refractivity contribution in [2.75, 3.05) is 30.4 Å². The largest absolute Gasteiger partial charge is 0.465 e. The van der Waals surface area contributed by atoms with Gasteiger partial charge in [-0.25, -0.2) is 4.79 Å². The van der Waals surface area contributed by atoms with Gasteiger partial charge in [0.15, 0.2) is 5.78 Å². The maximum absolute atomic E-state index is 13.8. The smallest absolute Gasteiger partial charge is 0.337 e. The number of nitrogens with zero attached hydrogens (tertiary/aromatic N) is 1. The Kier molecular flexibility index (Phi) is 7.74. The molecule has 1 unspecified atom stereocenters. The fraction of sp³-hybridized carbons (Fsp3) is 0.303. The SMILES string of the molecule is COC(=O)c1ccc(C2C3=C(CC(C)(C)CC3=O)Nc3ccccc3N2CC(=O)NCCc2ccccc2)cc1. The van der Waals surface area contributed by atoms with Crippen molar-refractivity contribution in [3.8, 4) is 0 Å². The second-order valence-corrected chi connectivity index (χ2v) is 11.2. The average Bonchev–Trinajstić information content (AvgIpc) is 3.07. The maximum Gasteiger partial charge on any atom is 0.337 e. The van der Waals surface area contributed by atoms with Crippen LogP contribution in [0.2, 0.25) is 0 Å². The summed E-state index contributed by atoms with van der Waals surface area (Å²) in [5.41, 5.74) is 5.44. The van der Waals surface area contributed by atoms with E-state index in [2.05, 4.69) is 24.5 Å². The van der Waals surface area contributed by atoms with Crippen LogP contribution in [0.4, 0.5) is 11.4 Å². The lowest BCUT2D eigenvalue weighted by molar-refractivity contribution is -0.120. The molecule has 0 saturated heterocycles. The van der Waals surface area contributed by atoms with Crippen LogP contribution in [0.25, 0.3) is 0 Å². The van der Waals surface area contributed by atoms with Crippen LogP contribution in [0.5, 0.6) is 0 Å². The second-order valence-electron chi connectivity index (χ2n) is 11.2. The second kappa shape index (κ2) is 11.4. The number of fused-ring (bicyclic) bond motifs is 1. The Morgan fingerprint density at radius 2 is 1.68 bits per heavy atom. The zero-order chi connectivity index (χ0) is 28.3. The van der Waals surface area contributed by atoms with E-state index in [1.807, 2.05) is 71.6 Å². The van der Waals surface area contributed by atoms with Crippen molar-refractivity contribution < 1.29 is 19.1 Å². The number of rotatable bonds is 7. The summed E-state index contributed by atoms with van der Waals surface area (Å²) in [5, 5.41) is 6.63. The molecule has 1 aliphatic heterocycles. The van der Waals surface area contributed by atoms with Gasteiger partial charge in [-0.2, -0.15) is 0 Å². The normalized spacial score (nSPS) is 17.7. The number of para-hydroxylation sites is 2. The number of hydrogen-bond acceptors (Lipinski definition) is 6. The van der Waals surface area contributed by atoms with E-state index >= 15 is 0 Å². The van der Waals surface area contributed by atoms with Gasteiger partial charge in [0, 0.05) is 24.2 Å². The van der Waals surface area contributed by atoms with E-state index in [4.69, 9.17) is 4.74 Å². The standard InChI is InChI=1S/C33H35N3O4/c1-33(2)19-26-30(28(37)20-33)31(23-13-15-24(16-14-23)32(39)40-3)36(27-12-8-7-11-25(27)35-26)21-29(38)34-18-17-22-9-5-4-6-10-22/h4-16,31,35H,17-21H2,1-3H3,(H,34,38). The minimum atomic E-state index is -0.513. The Balaban J connectivity index is 1.53. The molecule has 0 aromatic heterocycles. The number of benzene rings is 3. The van der Waals surface area contributed by atoms with E-state index in [0.717, 1.165) is 34.6 Å². The van der Waals surface area contributed by atoms with Gasteiger partial charge < -0.3 is 20.3 Å². The Hall–Kier alpha value is -4.39. The van der Waals surface area contributed by atoms with Gasteiger partial charge >= 0.3 is 5.97 Å². The molecule has 2 aliphatic rings. The lowest BCUT2D eigenvalue weighted by atomic mass is 9.73. The predicted octanol–water partition coefficient (Wildman–Crippen LogP) is 5.45. The van der Waals surface area contributed by atoms with Gasteiger partial charge in [-0.05, 0) is 53.6 Å². The third-order valence-electron chi connectivity index (χ3n) is 7.54. The highest BCUT2D eigenvalue weighted by molar-refractivity contribution is 6.02. The highest BCUT2D eigenvalue weighted by Gasteiger charge is 2.41. The first kappa shape index (κ1) is 27.2. The molecule has 0 spiro atoms. The highest BCUT2D eigenvalue weighted by Crippen LogP contribution is 2.48. The molecule has 2 N–H and O–H groups in total. The quantitative estimate of drug-likeness (QED) is 0.390. The highest BCUT2D eigenvalue weighted by atomic mass is 16.5. The van der Waals surface area contributed by atoms with E-state index < -0.39 is 12.0 Å². The lowest BCUT2D eigenvalue weighted by Crippen LogP contribution is -2.42. The summed E-state index contributed by atoms with van der Waals surface area (Å²) in [6.07, 6.45) is 1.85. The molecule has 206 valence electrons. The fourth-order valence-electron chi connectivity index (χ4n) is 5.69. The van der Waals surface area contributed by atoms with Gasteiger partial charge in [0.25, 0.3) is 0 Å². The van der Waals surface area contributed by atoms with Crippen molar-refractivity contribution in [1.29, 1.82) is 0 Å². The van der Waals surface area contributed by atoms with Crippen molar-refractivity contribution in [1.82, 2.24) is 5.32 Å². The molecule has 5 rings (SSSR count). The molecule has 0 fully saturated rings. The molecule has 7 nitrogen and oxygen atoms in total. The van der Waals surface area contributed by atoms with E-state index in [9.17, 15) is 14.4 Å². The Morgan fingerprint density at radius 1 is 0.975 bits per heavy atom. The van der Waals surface area contributed by atoms with E-state index in [1.54, 1.807) is 12.1 Å². The average molecular weight is 538 g/mol. The summed E-state index contributed by atoms with van der Waals surface area (Å²) < 4.78 is 4.88. The van der Waals surface area contributed by atoms with Gasteiger partial charge in [0.05, 0.1) is 36.6 Å². The van der Waals surface area contributed by atoms with Gasteiger partial charge in [0.2, 0.25) is 5.91 Å². The van der Waals surface area contributed by atoms with E-state index in [-0.39, 0.29) is 23.7 Å². The van der Waals surface area contributed by atoms with Crippen LogP contribution in [-0.2, 0) is 20.7 Å². The Labute approximate surface area is 235 Å². The number of carbonyl (C=O) groups is 3. The zero-order valence-corrected chi connectivity index (χ0v) is 23.2. The number of ketones is 1. The summed E-state index contributed by atoms with van der Waals surface area (Å²) in [5.74, 6) is -0.498. The Morgan fingerprint density at radius 3 is 2.40 bits per heavy atom. The monoisotopic (exact) mass is 537 g/mol. The number of esters is 1. The third kappa shape index (κ3) is 5.78. The minimum absolute atomic E-state index is 0.0584. The van der Waals surface area contributed by atoms with Crippen LogP contribution in [0, 0.1) is 5.41 Å². The number of allylic oxidation sites excluding steroid dienone is 1. The first-order valence-electron chi connectivity index (χ1n) is 13.6. The molecule has 3 aromatic rings. The summed E-state index contributed by atoms with van der Waals surface area (Å²) in [7, 11) is 1.35. The molecular formula is C33H35N3O4. The van der Waals surface area contributed by atoms with Crippen molar-refractivity contribution >= 4 is 29.0 Å². The number of ether oxygens (including phenoxy) is 1. The molecule has 1 amide bonds. The number of Topliss-reactive ketones (excluding diaryl/α,β-unsaturated/α-hetero) is 1. The van der Waals surface area contributed by atoms with Gasteiger partial charge in [-0.15, -0.1) is 0 Å². The first-order valence-corrected chi connectivity index (χ1v) is 13.6. The molecule has 3 aromatic carbocycles. The number of anilines is 2. The molecule has 40 heavy (non-hydrogen) atoms. The maximum atomic E-state index is 13.8. The molecule has 1 atom stereocenters. The number of methoxy groups -OCH3 is 1. The predicted molar refractivity (Wildman–Crippen MR) is 156 cm³/mol. The van der Waals surface area contributed by atoms with Crippen LogP contribution in [0.1, 0.15) is 54.2 Å². The van der Waals surface area contributed by atoms with Crippen molar-refractivity contribution in [2.45, 2.75) is 39.2 Å². The first-order chi connectivity index (χ1) is 19.3. The molecule has 0 bridgehead atoms. The molecular weight excluding hydrogens is 502 g/mol. The summed E-state index contributed by atoms with van der Waals surface area (Å²) in [6.45, 7) is 4.77. The minimum Gasteiger partial charge on any atom is -0.465 e. The number of nitrogens with one attached hydrogen (secondary N) is 2. The van der Waals surface area contributed by atoms with Crippen molar-refractivity contribution in [2.24, 2.45) is 5.41 Å². The van der Waals surface area contributed by atoms with Gasteiger partial charge in [-0.3, -0.25) is 9.59 Å². The molecule has 7 heteroatoms. The lowest BCUT2D eigenvalue weighted by Gasteiger charge is -2.38. The number of amides is 1. The summed E-state index contributed by atoms with van der Waals surface area (Å²) in [4.78, 5) is 41.3. The summed E-state index contributed by atoms with van der Waals surface area (Å²) >= 11 is 0. The third-order valence-corrected chi connectivity index (χ3v) is 7.54. The molecule has 1 heterocycles. The van der Waals surface area contributed by atoms with Crippen LogP contribution in [0.15, 0.2) is 90.1 Å². The molecule has 1 aliphatic carbocycles. The summed E-state index contributed by atoms with van der Waals surface area (Å²) in [6, 6.07) is 24.5. The van der Waals surface area contributed by atoms with E-state index in [0.29, 0.717) is 30.5 Å². The van der Waals surface area contributed by atoms with Crippen LogP contribution >= 0.6 is 0 Å². The zero-order valence-electron chi connectivity index (χ0n) is 23.2. The Bertz CT molecular complexity index is 1440. The van der Waals surface area contributed by atoms with Crippen LogP contribution in [-0.4, -0.2) is 37.9 Å². The van der Waals surface area contributed by atoms with Gasteiger partial charge in [-0.1, -0.05) is 68.4 Å². The molecule has 0 radical (unpaired) electrons. The van der Waals surface area contributed by atoms with Crippen molar-refractivity contribution in [3.63, 3.8) is 0 Å².